The molecule has 1 aliphatic heterocycles. The molecule has 0 bridgehead atoms. The highest BCUT2D eigenvalue weighted by molar-refractivity contribution is 6.52. The Morgan fingerprint density at radius 2 is 1.90 bits per heavy atom. The van der Waals surface area contributed by atoms with Crippen molar-refractivity contribution in [3.63, 3.8) is 0 Å². The van der Waals surface area contributed by atoms with Crippen LogP contribution >= 0.6 is 0 Å². The zero-order valence-corrected chi connectivity index (χ0v) is 12.5. The van der Waals surface area contributed by atoms with E-state index in [1.165, 1.54) is 12.3 Å². The van der Waals surface area contributed by atoms with Crippen LogP contribution < -0.4 is 5.73 Å². The van der Waals surface area contributed by atoms with Crippen LogP contribution in [-0.2, 0) is 9.31 Å². The molecule has 1 aliphatic rings. The zero-order valence-electron chi connectivity index (χ0n) is 12.5. The quantitative estimate of drug-likeness (QED) is 0.864. The Bertz CT molecular complexity index is 586. The fourth-order valence-electron chi connectivity index (χ4n) is 1.88. The second-order valence-electron chi connectivity index (χ2n) is 5.95. The van der Waals surface area contributed by atoms with Crippen LogP contribution in [0.1, 0.15) is 43.7 Å². The summed E-state index contributed by atoms with van der Waals surface area (Å²) in [7, 11) is -0.520. The number of carbonyl (C=O) groups is 1. The fourth-order valence-corrected chi connectivity index (χ4v) is 1.88. The summed E-state index contributed by atoms with van der Waals surface area (Å²) in [5.74, 6) is 0.0317. The number of carbonyl (C=O) groups excluding carboxylic acids is 1. The minimum atomic E-state index is -0.894. The molecular weight excluding hydrogens is 274 g/mol. The van der Waals surface area contributed by atoms with Crippen molar-refractivity contribution in [1.82, 2.24) is 4.98 Å². The van der Waals surface area contributed by atoms with E-state index in [1.54, 1.807) is 12.1 Å². The first-order valence-electron chi connectivity index (χ1n) is 6.61. The zero-order chi connectivity index (χ0) is 15.8. The lowest BCUT2D eigenvalue weighted by Crippen LogP contribution is -2.41. The second-order valence-corrected chi connectivity index (χ2v) is 5.95. The van der Waals surface area contributed by atoms with Gasteiger partial charge in [-0.25, -0.2) is 9.37 Å². The van der Waals surface area contributed by atoms with Crippen molar-refractivity contribution in [3.8, 4) is 0 Å². The SMILES string of the molecule is CC1(C)OB(/C=C/c2cnc(C(N)=O)c(F)c2)OC1(C)C. The van der Waals surface area contributed by atoms with Crippen molar-refractivity contribution >= 4 is 19.1 Å². The lowest BCUT2D eigenvalue weighted by atomic mass is 9.89. The Morgan fingerprint density at radius 1 is 1.33 bits per heavy atom. The number of aromatic nitrogens is 1. The molecule has 0 atom stereocenters. The maximum absolute atomic E-state index is 13.6. The van der Waals surface area contributed by atoms with Gasteiger partial charge in [-0.1, -0.05) is 12.1 Å². The molecule has 7 heteroatoms. The smallest absolute Gasteiger partial charge is 0.400 e. The van der Waals surface area contributed by atoms with Crippen LogP contribution in [0.25, 0.3) is 6.08 Å². The predicted molar refractivity (Wildman–Crippen MR) is 77.8 cm³/mol. The number of nitrogens with zero attached hydrogens (tertiary/aromatic N) is 1. The minimum absolute atomic E-state index is 0.372. The molecule has 0 unspecified atom stereocenters. The van der Waals surface area contributed by atoms with Crippen LogP contribution in [0.3, 0.4) is 0 Å². The van der Waals surface area contributed by atoms with E-state index < -0.39 is 30.0 Å². The van der Waals surface area contributed by atoms with E-state index in [0.29, 0.717) is 5.56 Å². The second kappa shape index (κ2) is 5.24. The molecule has 2 heterocycles. The van der Waals surface area contributed by atoms with Gasteiger partial charge in [0.15, 0.2) is 11.5 Å². The predicted octanol–water partition coefficient (Wildman–Crippen LogP) is 1.96. The van der Waals surface area contributed by atoms with Gasteiger partial charge in [-0.15, -0.1) is 0 Å². The molecule has 1 saturated heterocycles. The molecule has 0 aromatic carbocycles. The largest absolute Gasteiger partial charge is 0.487 e. The maximum Gasteiger partial charge on any atom is 0.487 e. The molecule has 0 aliphatic carbocycles. The highest BCUT2D eigenvalue weighted by Crippen LogP contribution is 2.36. The molecule has 21 heavy (non-hydrogen) atoms. The lowest BCUT2D eigenvalue weighted by Gasteiger charge is -2.32. The molecule has 112 valence electrons. The minimum Gasteiger partial charge on any atom is -0.400 e. The fraction of sp³-hybridized carbons (Fsp3) is 0.429. The van der Waals surface area contributed by atoms with Gasteiger partial charge in [0.2, 0.25) is 0 Å². The van der Waals surface area contributed by atoms with Gasteiger partial charge in [-0.3, -0.25) is 4.79 Å². The van der Waals surface area contributed by atoms with Crippen molar-refractivity contribution in [2.45, 2.75) is 38.9 Å². The van der Waals surface area contributed by atoms with Gasteiger partial charge in [0.25, 0.3) is 5.91 Å². The molecule has 1 amide bonds. The normalized spacial score (nSPS) is 20.1. The highest BCUT2D eigenvalue weighted by Gasteiger charge is 2.49. The first-order valence-corrected chi connectivity index (χ1v) is 6.61. The van der Waals surface area contributed by atoms with E-state index in [0.717, 1.165) is 0 Å². The lowest BCUT2D eigenvalue weighted by molar-refractivity contribution is 0.00578. The van der Waals surface area contributed by atoms with E-state index in [1.807, 2.05) is 27.7 Å². The van der Waals surface area contributed by atoms with E-state index in [4.69, 9.17) is 15.0 Å². The molecule has 0 radical (unpaired) electrons. The van der Waals surface area contributed by atoms with Gasteiger partial charge in [0.05, 0.1) is 11.2 Å². The van der Waals surface area contributed by atoms with Crippen molar-refractivity contribution in [2.24, 2.45) is 5.73 Å². The summed E-state index contributed by atoms with van der Waals surface area (Å²) < 4.78 is 25.1. The van der Waals surface area contributed by atoms with Gasteiger partial charge in [0.1, 0.15) is 0 Å². The Morgan fingerprint density at radius 3 is 2.38 bits per heavy atom. The van der Waals surface area contributed by atoms with Gasteiger partial charge in [-0.2, -0.15) is 0 Å². The maximum atomic E-state index is 13.6. The van der Waals surface area contributed by atoms with Crippen LogP contribution in [0.15, 0.2) is 18.2 Å². The van der Waals surface area contributed by atoms with Crippen LogP contribution in [0.4, 0.5) is 4.39 Å². The van der Waals surface area contributed by atoms with Gasteiger partial charge < -0.3 is 15.0 Å². The Hall–Kier alpha value is -1.73. The summed E-state index contributed by atoms with van der Waals surface area (Å²) in [6.07, 6.45) is 2.99. The van der Waals surface area contributed by atoms with Crippen LogP contribution in [0.5, 0.6) is 0 Å². The number of pyridine rings is 1. The summed E-state index contributed by atoms with van der Waals surface area (Å²) in [5, 5.41) is 0. The third-order valence-corrected chi connectivity index (χ3v) is 3.81. The van der Waals surface area contributed by atoms with E-state index in [2.05, 4.69) is 4.98 Å². The first-order chi connectivity index (χ1) is 9.62. The average Bonchev–Trinajstić information content (AvgIpc) is 2.55. The summed E-state index contributed by atoms with van der Waals surface area (Å²) in [6, 6.07) is 1.19. The van der Waals surface area contributed by atoms with Crippen LogP contribution in [-0.4, -0.2) is 29.2 Å². The molecule has 0 spiro atoms. The Labute approximate surface area is 123 Å². The molecule has 0 saturated carbocycles. The van der Waals surface area contributed by atoms with E-state index in [-0.39, 0.29) is 5.69 Å². The van der Waals surface area contributed by atoms with Crippen molar-refractivity contribution in [3.05, 3.63) is 35.3 Å². The summed E-state index contributed by atoms with van der Waals surface area (Å²) >= 11 is 0. The Balaban J connectivity index is 2.13. The third-order valence-electron chi connectivity index (χ3n) is 3.81. The number of hydrogen-bond donors (Lipinski definition) is 1. The van der Waals surface area contributed by atoms with E-state index in [9.17, 15) is 9.18 Å². The highest BCUT2D eigenvalue weighted by atomic mass is 19.1. The van der Waals surface area contributed by atoms with Crippen LogP contribution in [0.2, 0.25) is 0 Å². The topological polar surface area (TPSA) is 74.4 Å². The van der Waals surface area contributed by atoms with E-state index >= 15 is 0 Å². The molecule has 1 aromatic rings. The van der Waals surface area contributed by atoms with Gasteiger partial charge >= 0.3 is 7.12 Å². The molecule has 1 aromatic heterocycles. The summed E-state index contributed by atoms with van der Waals surface area (Å²) in [6.45, 7) is 7.79. The third kappa shape index (κ3) is 3.14. The van der Waals surface area contributed by atoms with Crippen LogP contribution in [0, 0.1) is 5.82 Å². The van der Waals surface area contributed by atoms with Crippen molar-refractivity contribution in [2.75, 3.05) is 0 Å². The molecular formula is C14H18BFN2O3. The molecule has 2 rings (SSSR count). The Kier molecular flexibility index (Phi) is 3.90. The standard InChI is InChI=1S/C14H18BFN2O3/c1-13(2)14(3,4)21-15(20-13)6-5-9-7-10(16)11(12(17)19)18-8-9/h5-8H,1-4H3,(H2,17,19)/b6-5+. The van der Waals surface area contributed by atoms with Crippen molar-refractivity contribution in [1.29, 1.82) is 0 Å². The average molecular weight is 292 g/mol. The monoisotopic (exact) mass is 292 g/mol. The first kappa shape index (κ1) is 15.7. The number of primary amides is 1. The number of hydrogen-bond acceptors (Lipinski definition) is 4. The number of rotatable bonds is 3. The van der Waals surface area contributed by atoms with Crippen molar-refractivity contribution < 1.29 is 18.5 Å². The van der Waals surface area contributed by atoms with Gasteiger partial charge in [-0.05, 0) is 39.3 Å². The number of halogens is 1. The summed E-state index contributed by atoms with van der Waals surface area (Å²) in [5.41, 5.74) is 4.26. The number of amides is 1. The molecule has 1 fully saturated rings. The summed E-state index contributed by atoms with van der Waals surface area (Å²) in [4.78, 5) is 14.6. The van der Waals surface area contributed by atoms with Gasteiger partial charge in [0, 0.05) is 6.20 Å². The molecule has 5 nitrogen and oxygen atoms in total. The molecule has 2 N–H and O–H groups in total. The number of nitrogens with two attached hydrogens (primary N) is 1.